The zero-order valence-electron chi connectivity index (χ0n) is 22.9. The normalized spacial score (nSPS) is 16.4. The first-order chi connectivity index (χ1) is 18.1. The highest BCUT2D eigenvalue weighted by atomic mass is 32.2. The molecule has 0 saturated carbocycles. The van der Waals surface area contributed by atoms with E-state index in [4.69, 9.17) is 9.15 Å². The van der Waals surface area contributed by atoms with Crippen molar-refractivity contribution in [1.29, 1.82) is 0 Å². The van der Waals surface area contributed by atoms with Crippen LogP contribution in [-0.2, 0) is 29.6 Å². The van der Waals surface area contributed by atoms with Gasteiger partial charge < -0.3 is 24.9 Å². The first kappa shape index (κ1) is 30.7. The van der Waals surface area contributed by atoms with E-state index in [-0.39, 0.29) is 41.1 Å². The molecule has 216 valence electrons. The number of ether oxygens (including phenoxy) is 1. The van der Waals surface area contributed by atoms with E-state index in [0.717, 1.165) is 11.3 Å². The highest BCUT2D eigenvalue weighted by molar-refractivity contribution is 7.95. The molecule has 3 rings (SSSR count). The number of hydrogen-bond acceptors (Lipinski definition) is 11. The van der Waals surface area contributed by atoms with E-state index in [0.29, 0.717) is 11.5 Å². The summed E-state index contributed by atoms with van der Waals surface area (Å²) >= 11 is 0.759. The second kappa shape index (κ2) is 11.3. The predicted molar refractivity (Wildman–Crippen MR) is 149 cm³/mol. The minimum Gasteiger partial charge on any atom is -0.504 e. The molecular weight excluding hydrogens is 568 g/mol. The molecule has 0 aromatic carbocycles. The predicted octanol–water partition coefficient (Wildman–Crippen LogP) is 3.69. The van der Waals surface area contributed by atoms with E-state index in [9.17, 15) is 26.7 Å². The molecule has 1 atom stereocenters. The Balaban J connectivity index is 2.13. The number of carbonyl (C=O) groups is 1. The highest BCUT2D eigenvalue weighted by Crippen LogP contribution is 2.41. The van der Waals surface area contributed by atoms with Crippen LogP contribution in [0.2, 0.25) is 0 Å². The van der Waals surface area contributed by atoms with Crippen molar-refractivity contribution in [3.8, 4) is 5.75 Å². The standard InChI is InChI=1S/C24H34N4O8S3/c1-8-28(9-2)39(33,34)23-18(29)15(13-37-23)25-17-19(22(30)35-10-3)38(31,32)27-21(17)26-20(24(5,6)7)16-12-11-14(4)36-16/h11-13,20,25,29H,8-10H2,1-7H3,(H,26,27)/t20-/m0/s1. The van der Waals surface area contributed by atoms with Gasteiger partial charge in [-0.25, -0.2) is 13.2 Å². The molecule has 15 heteroatoms. The third-order valence-electron chi connectivity index (χ3n) is 5.86. The molecule has 12 nitrogen and oxygen atoms in total. The summed E-state index contributed by atoms with van der Waals surface area (Å²) in [4.78, 5) is 12.0. The quantitative estimate of drug-likeness (QED) is 0.341. The number of aromatic hydroxyl groups is 1. The summed E-state index contributed by atoms with van der Waals surface area (Å²) in [6.07, 6.45) is 0. The molecule has 0 spiro atoms. The Morgan fingerprint density at radius 1 is 1.23 bits per heavy atom. The Labute approximate surface area is 232 Å². The molecule has 0 fully saturated rings. The van der Waals surface area contributed by atoms with Crippen molar-refractivity contribution in [2.24, 2.45) is 9.81 Å². The lowest BCUT2D eigenvalue weighted by atomic mass is 9.85. The Morgan fingerprint density at radius 2 is 1.87 bits per heavy atom. The van der Waals surface area contributed by atoms with Crippen LogP contribution in [0, 0.1) is 12.3 Å². The molecule has 0 amide bonds. The minimum atomic E-state index is -4.52. The lowest BCUT2D eigenvalue weighted by molar-refractivity contribution is -0.137. The van der Waals surface area contributed by atoms with Crippen LogP contribution >= 0.6 is 11.3 Å². The second-order valence-corrected chi connectivity index (χ2v) is 14.3. The summed E-state index contributed by atoms with van der Waals surface area (Å²) in [6.45, 7) is 12.6. The molecule has 2 aromatic rings. The molecule has 1 aliphatic heterocycles. The van der Waals surface area contributed by atoms with Crippen molar-refractivity contribution in [3.05, 3.63) is 39.6 Å². The van der Waals surface area contributed by atoms with Crippen molar-refractivity contribution in [2.75, 3.05) is 25.0 Å². The van der Waals surface area contributed by atoms with Crippen LogP contribution in [0.15, 0.2) is 41.1 Å². The molecular formula is C24H34N4O8S3. The smallest absolute Gasteiger partial charge is 0.354 e. The van der Waals surface area contributed by atoms with Crippen LogP contribution < -0.4 is 10.6 Å². The van der Waals surface area contributed by atoms with Crippen molar-refractivity contribution in [1.82, 2.24) is 9.62 Å². The largest absolute Gasteiger partial charge is 0.504 e. The van der Waals surface area contributed by atoms with Gasteiger partial charge in [0.15, 0.2) is 15.8 Å². The molecule has 0 bridgehead atoms. The first-order valence-electron chi connectivity index (χ1n) is 12.3. The van der Waals surface area contributed by atoms with E-state index in [1.165, 1.54) is 16.6 Å². The van der Waals surface area contributed by atoms with Gasteiger partial charge >= 0.3 is 5.97 Å². The molecule has 0 aliphatic carbocycles. The second-order valence-electron chi connectivity index (χ2n) is 9.73. The number of carbonyl (C=O) groups excluding carboxylic acids is 1. The fourth-order valence-electron chi connectivity index (χ4n) is 3.95. The maximum absolute atomic E-state index is 13.1. The number of furan rings is 1. The Morgan fingerprint density at radius 3 is 2.38 bits per heavy atom. The third kappa shape index (κ3) is 6.15. The maximum Gasteiger partial charge on any atom is 0.354 e. The Bertz CT molecular complexity index is 1510. The lowest BCUT2D eigenvalue weighted by Crippen LogP contribution is -2.38. The number of hydrogen-bond donors (Lipinski definition) is 3. The monoisotopic (exact) mass is 602 g/mol. The van der Waals surface area contributed by atoms with Gasteiger partial charge in [-0.05, 0) is 31.4 Å². The number of anilines is 1. The summed E-state index contributed by atoms with van der Waals surface area (Å²) in [6, 6.07) is 2.93. The number of amidine groups is 1. The van der Waals surface area contributed by atoms with E-state index >= 15 is 0 Å². The van der Waals surface area contributed by atoms with Crippen LogP contribution in [0.25, 0.3) is 0 Å². The Hall–Kier alpha value is -2.88. The molecule has 0 saturated heterocycles. The average Bonchev–Trinajstić information content (AvgIpc) is 3.48. The van der Waals surface area contributed by atoms with Crippen LogP contribution in [0.1, 0.15) is 59.1 Å². The van der Waals surface area contributed by atoms with Gasteiger partial charge in [-0.2, -0.15) is 12.7 Å². The third-order valence-corrected chi connectivity index (χ3v) is 10.7. The van der Waals surface area contributed by atoms with Gasteiger partial charge in [0.2, 0.25) is 4.91 Å². The topological polar surface area (TPSA) is 168 Å². The first-order valence-corrected chi connectivity index (χ1v) is 16.0. The Kier molecular flexibility index (Phi) is 8.89. The van der Waals surface area contributed by atoms with Crippen LogP contribution in [0.5, 0.6) is 5.75 Å². The van der Waals surface area contributed by atoms with Gasteiger partial charge in [0, 0.05) is 18.5 Å². The molecule has 0 unspecified atom stereocenters. The van der Waals surface area contributed by atoms with Crippen LogP contribution in [0.4, 0.5) is 5.69 Å². The van der Waals surface area contributed by atoms with Crippen molar-refractivity contribution in [2.45, 2.75) is 58.7 Å². The van der Waals surface area contributed by atoms with Gasteiger partial charge in [0.25, 0.3) is 20.0 Å². The fourth-order valence-corrected chi connectivity index (χ4v) is 7.93. The van der Waals surface area contributed by atoms with Crippen LogP contribution in [-0.4, -0.2) is 57.7 Å². The highest BCUT2D eigenvalue weighted by Gasteiger charge is 2.42. The van der Waals surface area contributed by atoms with E-state index in [1.807, 2.05) is 20.8 Å². The summed E-state index contributed by atoms with van der Waals surface area (Å²) in [5.74, 6) is -0.818. The fraction of sp³-hybridized carbons (Fsp3) is 0.500. The molecule has 39 heavy (non-hydrogen) atoms. The molecule has 1 aliphatic rings. The molecule has 0 radical (unpaired) electrons. The number of nitrogens with zero attached hydrogens (tertiary/aromatic N) is 2. The van der Waals surface area contributed by atoms with E-state index in [2.05, 4.69) is 15.0 Å². The summed E-state index contributed by atoms with van der Waals surface area (Å²) < 4.78 is 67.6. The summed E-state index contributed by atoms with van der Waals surface area (Å²) in [7, 11) is -8.53. The summed E-state index contributed by atoms with van der Waals surface area (Å²) in [5.41, 5.74) is -0.912. The number of esters is 1. The van der Waals surface area contributed by atoms with Crippen molar-refractivity contribution in [3.63, 3.8) is 0 Å². The number of thiophene rings is 1. The zero-order valence-corrected chi connectivity index (χ0v) is 25.3. The number of sulfonamides is 2. The van der Waals surface area contributed by atoms with Gasteiger partial charge in [0.1, 0.15) is 17.2 Å². The number of rotatable bonds is 10. The zero-order chi connectivity index (χ0) is 29.3. The average molecular weight is 603 g/mol. The van der Waals surface area contributed by atoms with Gasteiger partial charge in [-0.15, -0.1) is 15.7 Å². The van der Waals surface area contributed by atoms with Crippen LogP contribution in [0.3, 0.4) is 0 Å². The van der Waals surface area contributed by atoms with Gasteiger partial charge in [-0.1, -0.05) is 34.6 Å². The van der Waals surface area contributed by atoms with E-state index in [1.54, 1.807) is 32.9 Å². The SMILES string of the molecule is CCOC(=O)C1=C(Nc2csc(S(=O)(=O)N(CC)CC)c2O)C(N[C@@H](c2ccc(C)o2)C(C)(C)C)=NS1(=O)=O. The van der Waals surface area contributed by atoms with Gasteiger partial charge in [0.05, 0.1) is 18.3 Å². The molecule has 3 N–H and O–H groups in total. The molecule has 3 heterocycles. The maximum atomic E-state index is 13.1. The number of aryl methyl sites for hydroxylation is 1. The number of nitrogens with one attached hydrogen (secondary N) is 2. The van der Waals surface area contributed by atoms with Crippen molar-refractivity contribution < 1.29 is 35.9 Å². The van der Waals surface area contributed by atoms with Crippen molar-refractivity contribution >= 4 is 48.9 Å². The lowest BCUT2D eigenvalue weighted by Gasteiger charge is -2.31. The molecule has 2 aromatic heterocycles. The minimum absolute atomic E-state index is 0.0971. The summed E-state index contributed by atoms with van der Waals surface area (Å²) in [5, 5.41) is 18.0. The van der Waals surface area contributed by atoms with E-state index < -0.39 is 48.1 Å². The van der Waals surface area contributed by atoms with Gasteiger partial charge in [-0.3, -0.25) is 0 Å².